The maximum atomic E-state index is 12.9. The quantitative estimate of drug-likeness (QED) is 0.483. The molecule has 4 bridgehead atoms. The number of rotatable bonds is 5. The number of aldehydes is 1. The van der Waals surface area contributed by atoms with Crippen molar-refractivity contribution in [3.63, 3.8) is 0 Å². The Hall–Kier alpha value is -2.63. The van der Waals surface area contributed by atoms with Crippen LogP contribution < -0.4 is 10.9 Å². The molecule has 4 aliphatic carbocycles. The van der Waals surface area contributed by atoms with Gasteiger partial charge in [-0.1, -0.05) is 12.1 Å². The van der Waals surface area contributed by atoms with E-state index in [0.29, 0.717) is 35.1 Å². The molecule has 4 saturated carbocycles. The zero-order valence-corrected chi connectivity index (χ0v) is 15.1. The van der Waals surface area contributed by atoms with Gasteiger partial charge in [0, 0.05) is 6.20 Å². The lowest BCUT2D eigenvalue weighted by molar-refractivity contribution is -0.147. The number of carbonyl (C=O) groups excluding carboxylic acids is 2. The summed E-state index contributed by atoms with van der Waals surface area (Å²) in [5.74, 6) is 2.43. The van der Waals surface area contributed by atoms with Crippen LogP contribution in [0.15, 0.2) is 34.9 Å². The van der Waals surface area contributed by atoms with E-state index in [2.05, 4.69) is 15.8 Å². The van der Waals surface area contributed by atoms with Crippen LogP contribution >= 0.6 is 0 Å². The molecule has 6 rings (SSSR count). The van der Waals surface area contributed by atoms with Crippen molar-refractivity contribution in [2.45, 2.75) is 38.5 Å². The van der Waals surface area contributed by atoms with E-state index in [0.717, 1.165) is 19.3 Å². The standard InChI is InChI=1S/C21H23N3O3/c25-12-16(19-23-17-3-1-2-4-18(17)27-19)11-22-24-20(26)21-8-13-5-14(9-21)7-15(6-13)10-21/h1-4,11-15,22H,5-10H2,(H,24,26)/b16-11+. The van der Waals surface area contributed by atoms with E-state index in [1.54, 1.807) is 6.07 Å². The monoisotopic (exact) mass is 365 g/mol. The lowest BCUT2D eigenvalue weighted by atomic mass is 9.49. The smallest absolute Gasteiger partial charge is 0.244 e. The van der Waals surface area contributed by atoms with E-state index in [1.807, 2.05) is 18.2 Å². The summed E-state index contributed by atoms with van der Waals surface area (Å²) in [6.07, 6.45) is 9.03. The highest BCUT2D eigenvalue weighted by atomic mass is 16.3. The Balaban J connectivity index is 1.29. The van der Waals surface area contributed by atoms with Gasteiger partial charge in [0.15, 0.2) is 11.9 Å². The van der Waals surface area contributed by atoms with E-state index in [4.69, 9.17) is 4.42 Å². The molecule has 2 aromatic rings. The largest absolute Gasteiger partial charge is 0.436 e. The molecule has 0 aliphatic heterocycles. The third-order valence-electron chi connectivity index (χ3n) is 6.60. The Morgan fingerprint density at radius 1 is 1.11 bits per heavy atom. The number of oxazole rings is 1. The van der Waals surface area contributed by atoms with Gasteiger partial charge in [-0.15, -0.1) is 0 Å². The summed E-state index contributed by atoms with van der Waals surface area (Å²) in [6.45, 7) is 0. The Morgan fingerprint density at radius 3 is 2.41 bits per heavy atom. The van der Waals surface area contributed by atoms with Crippen molar-refractivity contribution in [3.8, 4) is 0 Å². The zero-order chi connectivity index (χ0) is 18.4. The fraction of sp³-hybridized carbons (Fsp3) is 0.476. The molecule has 6 heteroatoms. The molecule has 0 spiro atoms. The number of para-hydroxylation sites is 2. The third-order valence-corrected chi connectivity index (χ3v) is 6.60. The molecule has 2 N–H and O–H groups in total. The number of aromatic nitrogens is 1. The predicted octanol–water partition coefficient (Wildman–Crippen LogP) is 3.20. The van der Waals surface area contributed by atoms with Crippen molar-refractivity contribution in [2.75, 3.05) is 0 Å². The average Bonchev–Trinajstić information content (AvgIpc) is 3.08. The highest BCUT2D eigenvalue weighted by Gasteiger charge is 2.54. The average molecular weight is 365 g/mol. The van der Waals surface area contributed by atoms with Gasteiger partial charge in [-0.05, 0) is 68.4 Å². The predicted molar refractivity (Wildman–Crippen MR) is 99.9 cm³/mol. The molecule has 0 atom stereocenters. The lowest BCUT2D eigenvalue weighted by Crippen LogP contribution is -2.55. The van der Waals surface area contributed by atoms with Crippen molar-refractivity contribution in [1.29, 1.82) is 0 Å². The second-order valence-corrected chi connectivity index (χ2v) is 8.50. The Morgan fingerprint density at radius 2 is 1.78 bits per heavy atom. The molecular formula is C21H23N3O3. The molecule has 0 saturated heterocycles. The molecule has 1 amide bonds. The first-order valence-corrected chi connectivity index (χ1v) is 9.72. The number of carbonyl (C=O) groups is 2. The highest BCUT2D eigenvalue weighted by molar-refractivity contribution is 6.05. The van der Waals surface area contributed by atoms with Crippen LogP contribution in [0, 0.1) is 23.2 Å². The molecule has 4 fully saturated rings. The third kappa shape index (κ3) is 2.83. The number of nitrogens with zero attached hydrogens (tertiary/aromatic N) is 1. The van der Waals surface area contributed by atoms with Crippen molar-refractivity contribution >= 4 is 28.9 Å². The van der Waals surface area contributed by atoms with Gasteiger partial charge in [-0.25, -0.2) is 4.98 Å². The minimum absolute atomic E-state index is 0.0562. The number of fused-ring (bicyclic) bond motifs is 1. The summed E-state index contributed by atoms with van der Waals surface area (Å²) in [5.41, 5.74) is 6.97. The van der Waals surface area contributed by atoms with E-state index in [9.17, 15) is 9.59 Å². The Bertz CT molecular complexity index is 861. The number of amides is 1. The number of hydrazine groups is 1. The van der Waals surface area contributed by atoms with Crippen LogP contribution in [-0.4, -0.2) is 17.2 Å². The van der Waals surface area contributed by atoms with Gasteiger partial charge in [-0.2, -0.15) is 0 Å². The molecule has 0 radical (unpaired) electrons. The van der Waals surface area contributed by atoms with Gasteiger partial charge in [0.2, 0.25) is 11.8 Å². The molecule has 140 valence electrons. The van der Waals surface area contributed by atoms with E-state index in [-0.39, 0.29) is 22.8 Å². The van der Waals surface area contributed by atoms with Crippen molar-refractivity contribution < 1.29 is 14.0 Å². The molecule has 27 heavy (non-hydrogen) atoms. The van der Waals surface area contributed by atoms with E-state index in [1.165, 1.54) is 25.5 Å². The molecule has 6 nitrogen and oxygen atoms in total. The SMILES string of the molecule is O=C/C(=C\NNC(=O)C12CC3CC(CC(C3)C1)C2)c1nc2ccccc2o1. The molecule has 1 aromatic heterocycles. The Labute approximate surface area is 157 Å². The van der Waals surface area contributed by atoms with Crippen LogP contribution in [0.3, 0.4) is 0 Å². The first-order valence-electron chi connectivity index (χ1n) is 9.72. The first kappa shape index (κ1) is 16.5. The minimum atomic E-state index is -0.228. The van der Waals surface area contributed by atoms with E-state index >= 15 is 0 Å². The lowest BCUT2D eigenvalue weighted by Gasteiger charge is -2.55. The first-order chi connectivity index (χ1) is 13.1. The molecule has 0 unspecified atom stereocenters. The van der Waals surface area contributed by atoms with Gasteiger partial charge < -0.3 is 9.84 Å². The van der Waals surface area contributed by atoms with Crippen LogP contribution in [0.4, 0.5) is 0 Å². The number of benzene rings is 1. The molecular weight excluding hydrogens is 342 g/mol. The number of hydrogen-bond donors (Lipinski definition) is 2. The van der Waals surface area contributed by atoms with Gasteiger partial charge in [0.05, 0.1) is 11.0 Å². The summed E-state index contributed by atoms with van der Waals surface area (Å²) < 4.78 is 5.62. The van der Waals surface area contributed by atoms with Gasteiger partial charge in [-0.3, -0.25) is 15.0 Å². The van der Waals surface area contributed by atoms with Crippen LogP contribution in [0.2, 0.25) is 0 Å². The number of hydrogen-bond acceptors (Lipinski definition) is 5. The van der Waals surface area contributed by atoms with Gasteiger partial charge >= 0.3 is 0 Å². The highest BCUT2D eigenvalue weighted by Crippen LogP contribution is 2.60. The molecule has 1 heterocycles. The molecule has 4 aliphatic rings. The van der Waals surface area contributed by atoms with Crippen LogP contribution in [0.5, 0.6) is 0 Å². The molecule has 1 aromatic carbocycles. The van der Waals surface area contributed by atoms with E-state index < -0.39 is 0 Å². The normalized spacial score (nSPS) is 31.9. The minimum Gasteiger partial charge on any atom is -0.436 e. The van der Waals surface area contributed by atoms with Crippen molar-refractivity contribution in [2.24, 2.45) is 23.2 Å². The maximum Gasteiger partial charge on any atom is 0.244 e. The van der Waals surface area contributed by atoms with Gasteiger partial charge in [0.25, 0.3) is 0 Å². The van der Waals surface area contributed by atoms with Gasteiger partial charge in [0.1, 0.15) is 5.52 Å². The summed E-state index contributed by atoms with van der Waals surface area (Å²) in [7, 11) is 0. The Kier molecular flexibility index (Phi) is 3.81. The fourth-order valence-corrected chi connectivity index (χ4v) is 5.84. The number of nitrogens with one attached hydrogen (secondary N) is 2. The van der Waals surface area contributed by atoms with Crippen LogP contribution in [0.25, 0.3) is 16.7 Å². The fourth-order valence-electron chi connectivity index (χ4n) is 5.84. The van der Waals surface area contributed by atoms with Crippen molar-refractivity contribution in [1.82, 2.24) is 15.8 Å². The van der Waals surface area contributed by atoms with Crippen molar-refractivity contribution in [3.05, 3.63) is 36.4 Å². The zero-order valence-electron chi connectivity index (χ0n) is 15.1. The summed E-state index contributed by atoms with van der Waals surface area (Å²) >= 11 is 0. The topological polar surface area (TPSA) is 84.2 Å². The summed E-state index contributed by atoms with van der Waals surface area (Å²) in [6, 6.07) is 7.35. The summed E-state index contributed by atoms with van der Waals surface area (Å²) in [4.78, 5) is 28.7. The second-order valence-electron chi connectivity index (χ2n) is 8.50. The summed E-state index contributed by atoms with van der Waals surface area (Å²) in [5, 5.41) is 0. The number of allylic oxidation sites excluding steroid dienone is 1. The second kappa shape index (κ2) is 6.22. The maximum absolute atomic E-state index is 12.9. The van der Waals surface area contributed by atoms with Crippen LogP contribution in [0.1, 0.15) is 44.4 Å². The van der Waals surface area contributed by atoms with Crippen LogP contribution in [-0.2, 0) is 9.59 Å².